The molecular formula is C10H7ClF3NO3S. The fourth-order valence-electron chi connectivity index (χ4n) is 1.40. The first kappa shape index (κ1) is 15.6. The van der Waals surface area contributed by atoms with Crippen molar-refractivity contribution in [3.63, 3.8) is 0 Å². The summed E-state index contributed by atoms with van der Waals surface area (Å²) in [5.41, 5.74) is -0.173. The van der Waals surface area contributed by atoms with Crippen LogP contribution in [0, 0.1) is 11.3 Å². The second-order valence-corrected chi connectivity index (χ2v) is 5.92. The maximum Gasteiger partial charge on any atom is 0.573 e. The lowest BCUT2D eigenvalue weighted by Gasteiger charge is -2.14. The zero-order valence-corrected chi connectivity index (χ0v) is 11.0. The van der Waals surface area contributed by atoms with E-state index < -0.39 is 31.6 Å². The number of alkyl halides is 3. The highest BCUT2D eigenvalue weighted by molar-refractivity contribution is 8.13. The summed E-state index contributed by atoms with van der Waals surface area (Å²) >= 11 is 0. The van der Waals surface area contributed by atoms with Gasteiger partial charge in [0, 0.05) is 10.7 Å². The number of halogens is 4. The molecule has 19 heavy (non-hydrogen) atoms. The molecule has 0 aliphatic heterocycles. The molecule has 0 radical (unpaired) electrons. The number of rotatable bonds is 3. The molecule has 0 unspecified atom stereocenters. The fraction of sp³-hybridized carbons (Fsp3) is 0.300. The topological polar surface area (TPSA) is 67.2 Å². The van der Waals surface area contributed by atoms with Crippen molar-refractivity contribution >= 4 is 19.7 Å². The average Bonchev–Trinajstić information content (AvgIpc) is 2.23. The Kier molecular flexibility index (Phi) is 4.32. The van der Waals surface area contributed by atoms with Crippen LogP contribution in [0.4, 0.5) is 13.2 Å². The first-order valence-corrected chi connectivity index (χ1v) is 7.17. The van der Waals surface area contributed by atoms with Gasteiger partial charge in [-0.05, 0) is 24.1 Å². The van der Waals surface area contributed by atoms with Crippen LogP contribution in [0.2, 0.25) is 0 Å². The molecule has 1 aromatic rings. The van der Waals surface area contributed by atoms with Gasteiger partial charge in [0.25, 0.3) is 9.05 Å². The number of aryl methyl sites for hydroxylation is 1. The van der Waals surface area contributed by atoms with Crippen molar-refractivity contribution in [3.8, 4) is 11.8 Å². The van der Waals surface area contributed by atoms with Crippen LogP contribution in [0.25, 0.3) is 0 Å². The summed E-state index contributed by atoms with van der Waals surface area (Å²) < 4.78 is 62.9. The highest BCUT2D eigenvalue weighted by atomic mass is 35.7. The molecule has 0 heterocycles. The van der Waals surface area contributed by atoms with Crippen LogP contribution in [0.1, 0.15) is 18.1 Å². The van der Waals surface area contributed by atoms with Gasteiger partial charge in [-0.25, -0.2) is 8.42 Å². The van der Waals surface area contributed by atoms with E-state index in [4.69, 9.17) is 15.9 Å². The Morgan fingerprint density at radius 3 is 2.37 bits per heavy atom. The minimum absolute atomic E-state index is 0.297. The predicted octanol–water partition coefficient (Wildman–Crippen LogP) is 2.95. The maximum atomic E-state index is 12.2. The van der Waals surface area contributed by atoms with E-state index in [0.717, 1.165) is 12.1 Å². The normalized spacial score (nSPS) is 12.0. The maximum absolute atomic E-state index is 12.2. The summed E-state index contributed by atoms with van der Waals surface area (Å²) in [5.74, 6) is -1.00. The van der Waals surface area contributed by atoms with E-state index in [2.05, 4.69) is 4.74 Å². The van der Waals surface area contributed by atoms with E-state index in [9.17, 15) is 21.6 Å². The van der Waals surface area contributed by atoms with Crippen LogP contribution in [-0.4, -0.2) is 14.8 Å². The van der Waals surface area contributed by atoms with Gasteiger partial charge in [-0.3, -0.25) is 0 Å². The number of hydrogen-bond acceptors (Lipinski definition) is 4. The van der Waals surface area contributed by atoms with Crippen molar-refractivity contribution in [2.24, 2.45) is 0 Å². The quantitative estimate of drug-likeness (QED) is 0.805. The lowest BCUT2D eigenvalue weighted by Crippen LogP contribution is -2.19. The third-order valence-electron chi connectivity index (χ3n) is 2.11. The number of ether oxygens (including phenoxy) is 1. The molecule has 0 amide bonds. The molecule has 0 fully saturated rings. The van der Waals surface area contributed by atoms with Crippen LogP contribution in [0.3, 0.4) is 0 Å². The molecule has 0 aliphatic carbocycles. The molecule has 0 saturated heterocycles. The van der Waals surface area contributed by atoms with Crippen LogP contribution in [0.5, 0.6) is 5.75 Å². The third-order valence-corrected chi connectivity index (χ3v) is 3.48. The Hall–Kier alpha value is -1.46. The summed E-state index contributed by atoms with van der Waals surface area (Å²) in [6, 6.07) is 3.54. The largest absolute Gasteiger partial charge is 0.573 e. The molecule has 104 valence electrons. The van der Waals surface area contributed by atoms with E-state index >= 15 is 0 Å². The van der Waals surface area contributed by atoms with Gasteiger partial charge < -0.3 is 4.74 Å². The predicted molar refractivity (Wildman–Crippen MR) is 60.3 cm³/mol. The highest BCUT2D eigenvalue weighted by Gasteiger charge is 2.35. The van der Waals surface area contributed by atoms with E-state index in [0.29, 0.717) is 12.0 Å². The van der Waals surface area contributed by atoms with Crippen LogP contribution >= 0.6 is 10.7 Å². The summed E-state index contributed by atoms with van der Waals surface area (Å²) in [6.45, 7) is 1.63. The molecule has 1 rings (SSSR count). The second kappa shape index (κ2) is 5.27. The van der Waals surface area contributed by atoms with E-state index in [1.54, 1.807) is 6.92 Å². The number of nitriles is 1. The molecule has 1 aromatic carbocycles. The molecule has 0 aromatic heterocycles. The van der Waals surface area contributed by atoms with Crippen molar-refractivity contribution in [2.45, 2.75) is 24.6 Å². The van der Waals surface area contributed by atoms with Crippen molar-refractivity contribution < 1.29 is 26.3 Å². The number of hydrogen-bond donors (Lipinski definition) is 0. The van der Waals surface area contributed by atoms with Gasteiger partial charge in [0.15, 0.2) is 5.75 Å². The molecule has 4 nitrogen and oxygen atoms in total. The minimum atomic E-state index is -5.09. The van der Waals surface area contributed by atoms with Crippen molar-refractivity contribution in [3.05, 3.63) is 23.3 Å². The molecule has 0 bridgehead atoms. The van der Waals surface area contributed by atoms with Crippen molar-refractivity contribution in [2.75, 3.05) is 0 Å². The average molecular weight is 314 g/mol. The molecule has 0 spiro atoms. The van der Waals surface area contributed by atoms with Gasteiger partial charge in [-0.15, -0.1) is 13.2 Å². The lowest BCUT2D eigenvalue weighted by atomic mass is 10.1. The Morgan fingerprint density at radius 1 is 1.42 bits per heavy atom. The van der Waals surface area contributed by atoms with Crippen molar-refractivity contribution in [1.82, 2.24) is 0 Å². The fourth-order valence-corrected chi connectivity index (χ4v) is 2.58. The SMILES string of the molecule is CCc1cc(C#N)c(S(=O)(=O)Cl)c(OC(F)(F)F)c1. The van der Waals surface area contributed by atoms with Gasteiger partial charge in [0.05, 0.1) is 5.56 Å². The van der Waals surface area contributed by atoms with Crippen molar-refractivity contribution in [1.29, 1.82) is 5.26 Å². The van der Waals surface area contributed by atoms with Gasteiger partial charge in [0.1, 0.15) is 11.0 Å². The first-order chi connectivity index (χ1) is 8.58. The monoisotopic (exact) mass is 313 g/mol. The summed E-state index contributed by atoms with van der Waals surface area (Å²) in [4.78, 5) is -0.980. The van der Waals surface area contributed by atoms with Crippen LogP contribution in [-0.2, 0) is 15.5 Å². The Morgan fingerprint density at radius 2 is 2.00 bits per heavy atom. The number of nitrogens with zero attached hydrogens (tertiary/aromatic N) is 1. The van der Waals surface area contributed by atoms with Crippen LogP contribution in [0.15, 0.2) is 17.0 Å². The van der Waals surface area contributed by atoms with Gasteiger partial charge in [0.2, 0.25) is 0 Å². The number of benzene rings is 1. The Labute approximate surface area is 111 Å². The Balaban J connectivity index is 3.62. The lowest BCUT2D eigenvalue weighted by molar-refractivity contribution is -0.275. The molecular weight excluding hydrogens is 307 g/mol. The van der Waals surface area contributed by atoms with E-state index in [1.165, 1.54) is 6.07 Å². The molecule has 0 N–H and O–H groups in total. The van der Waals surface area contributed by atoms with Crippen LogP contribution < -0.4 is 4.74 Å². The van der Waals surface area contributed by atoms with Gasteiger partial charge in [-0.2, -0.15) is 5.26 Å². The van der Waals surface area contributed by atoms with Gasteiger partial charge in [-0.1, -0.05) is 6.92 Å². The Bertz CT molecular complexity index is 635. The smallest absolute Gasteiger partial charge is 0.404 e. The van der Waals surface area contributed by atoms with E-state index in [-0.39, 0.29) is 0 Å². The summed E-state index contributed by atoms with van der Waals surface area (Å²) in [7, 11) is 0.497. The first-order valence-electron chi connectivity index (χ1n) is 4.86. The highest BCUT2D eigenvalue weighted by Crippen LogP contribution is 2.35. The van der Waals surface area contributed by atoms with Gasteiger partial charge >= 0.3 is 6.36 Å². The molecule has 9 heteroatoms. The molecule has 0 aliphatic rings. The molecule has 0 saturated carbocycles. The summed E-state index contributed by atoms with van der Waals surface area (Å²) in [6.07, 6.45) is -4.79. The standard InChI is InChI=1S/C10H7ClF3NO3S/c1-2-6-3-7(5-15)9(19(11,16)17)8(4-6)18-10(12,13)14/h3-4H,2H2,1H3. The zero-order chi connectivity index (χ0) is 14.8. The third kappa shape index (κ3) is 4.01. The zero-order valence-electron chi connectivity index (χ0n) is 9.45. The summed E-state index contributed by atoms with van der Waals surface area (Å²) in [5, 5.41) is 8.81. The molecule has 0 atom stereocenters. The minimum Gasteiger partial charge on any atom is -0.404 e. The van der Waals surface area contributed by atoms with E-state index in [1.807, 2.05) is 0 Å². The second-order valence-electron chi connectivity index (χ2n) is 3.42.